The molecule has 0 radical (unpaired) electrons. The number of rotatable bonds is 9. The molecule has 6 nitrogen and oxygen atoms in total. The lowest BCUT2D eigenvalue weighted by molar-refractivity contribution is 0.257. The van der Waals surface area contributed by atoms with Crippen LogP contribution in [0, 0.1) is 0 Å². The first kappa shape index (κ1) is 15.8. The van der Waals surface area contributed by atoms with Crippen LogP contribution >= 0.6 is 0 Å². The Labute approximate surface area is 127 Å². The van der Waals surface area contributed by atoms with E-state index in [1.807, 2.05) is 0 Å². The Bertz CT molecular complexity index is 450. The van der Waals surface area contributed by atoms with Gasteiger partial charge >= 0.3 is 0 Å². The Hall–Kier alpha value is -1.56. The molecule has 1 aliphatic rings. The van der Waals surface area contributed by atoms with Crippen LogP contribution in [0.3, 0.4) is 0 Å². The molecule has 0 aromatic carbocycles. The van der Waals surface area contributed by atoms with Gasteiger partial charge in [0.25, 0.3) is 0 Å². The van der Waals surface area contributed by atoms with Gasteiger partial charge in [-0.2, -0.15) is 0 Å². The summed E-state index contributed by atoms with van der Waals surface area (Å²) in [7, 11) is 3.84. The van der Waals surface area contributed by atoms with Crippen molar-refractivity contribution in [3.63, 3.8) is 0 Å². The van der Waals surface area contributed by atoms with Gasteiger partial charge in [0.1, 0.15) is 6.33 Å². The predicted octanol–water partition coefficient (Wildman–Crippen LogP) is 2.20. The molecule has 0 saturated heterocycles. The predicted molar refractivity (Wildman–Crippen MR) is 86.1 cm³/mol. The highest BCUT2D eigenvalue weighted by Gasteiger charge is 2.29. The van der Waals surface area contributed by atoms with Crippen LogP contribution < -0.4 is 15.4 Å². The van der Waals surface area contributed by atoms with Crippen LogP contribution in [-0.2, 0) is 0 Å². The van der Waals surface area contributed by atoms with Crippen molar-refractivity contribution in [1.82, 2.24) is 14.9 Å². The van der Waals surface area contributed by atoms with Gasteiger partial charge in [-0.15, -0.1) is 0 Å². The Kier molecular flexibility index (Phi) is 5.61. The summed E-state index contributed by atoms with van der Waals surface area (Å²) in [5, 5.41) is 6.65. The van der Waals surface area contributed by atoms with Crippen molar-refractivity contribution in [2.45, 2.75) is 45.2 Å². The van der Waals surface area contributed by atoms with Gasteiger partial charge in [-0.3, -0.25) is 4.90 Å². The number of hydrogen-bond donors (Lipinski definition) is 2. The molecule has 0 spiro atoms. The summed E-state index contributed by atoms with van der Waals surface area (Å²) < 4.78 is 5.46. The van der Waals surface area contributed by atoms with E-state index in [1.54, 1.807) is 13.4 Å². The minimum atomic E-state index is 0.462. The number of nitrogens with zero attached hydrogens (tertiary/aromatic N) is 3. The lowest BCUT2D eigenvalue weighted by Gasteiger charge is -2.25. The van der Waals surface area contributed by atoms with Gasteiger partial charge in [-0.25, -0.2) is 9.97 Å². The Balaban J connectivity index is 1.97. The van der Waals surface area contributed by atoms with E-state index in [4.69, 9.17) is 4.74 Å². The average molecular weight is 293 g/mol. The van der Waals surface area contributed by atoms with E-state index in [-0.39, 0.29) is 0 Å². The maximum absolute atomic E-state index is 5.46. The lowest BCUT2D eigenvalue weighted by atomic mass is 10.3. The fourth-order valence-corrected chi connectivity index (χ4v) is 2.29. The number of anilines is 2. The van der Waals surface area contributed by atoms with Crippen LogP contribution in [-0.4, -0.2) is 54.2 Å². The van der Waals surface area contributed by atoms with E-state index in [9.17, 15) is 0 Å². The molecule has 2 rings (SSSR count). The van der Waals surface area contributed by atoms with Crippen LogP contribution in [0.5, 0.6) is 5.75 Å². The fraction of sp³-hybridized carbons (Fsp3) is 0.733. The van der Waals surface area contributed by atoms with Gasteiger partial charge in [-0.1, -0.05) is 6.92 Å². The number of likely N-dealkylation sites (N-methyl/N-ethyl adjacent to an activating group) is 1. The zero-order valence-electron chi connectivity index (χ0n) is 13.5. The van der Waals surface area contributed by atoms with Crippen molar-refractivity contribution < 1.29 is 4.74 Å². The molecule has 118 valence electrons. The largest absolute Gasteiger partial charge is 0.490 e. The summed E-state index contributed by atoms with van der Waals surface area (Å²) in [4.78, 5) is 11.0. The van der Waals surface area contributed by atoms with E-state index in [1.165, 1.54) is 12.8 Å². The second kappa shape index (κ2) is 7.45. The molecule has 1 atom stereocenters. The molecule has 1 saturated carbocycles. The van der Waals surface area contributed by atoms with Gasteiger partial charge in [-0.05, 0) is 33.2 Å². The smallest absolute Gasteiger partial charge is 0.204 e. The first-order chi connectivity index (χ1) is 10.2. The van der Waals surface area contributed by atoms with E-state index in [2.05, 4.69) is 46.4 Å². The molecule has 1 aromatic heterocycles. The number of aromatic nitrogens is 2. The molecule has 2 N–H and O–H groups in total. The maximum atomic E-state index is 5.46. The summed E-state index contributed by atoms with van der Waals surface area (Å²) in [6, 6.07) is 1.22. The van der Waals surface area contributed by atoms with Gasteiger partial charge < -0.3 is 15.4 Å². The van der Waals surface area contributed by atoms with E-state index >= 15 is 0 Å². The molecular formula is C15H27N5O. The molecule has 0 aliphatic heterocycles. The van der Waals surface area contributed by atoms with Gasteiger partial charge in [0.05, 0.1) is 7.11 Å². The highest BCUT2D eigenvalue weighted by Crippen LogP contribution is 2.30. The Morgan fingerprint density at radius 1 is 1.33 bits per heavy atom. The Morgan fingerprint density at radius 3 is 2.57 bits per heavy atom. The van der Waals surface area contributed by atoms with Crippen molar-refractivity contribution in [3.8, 4) is 5.75 Å². The summed E-state index contributed by atoms with van der Waals surface area (Å²) in [6.07, 6.45) is 5.25. The third kappa shape index (κ3) is 4.20. The van der Waals surface area contributed by atoms with E-state index in [0.29, 0.717) is 11.8 Å². The van der Waals surface area contributed by atoms with Crippen molar-refractivity contribution in [1.29, 1.82) is 0 Å². The molecule has 1 aromatic rings. The topological polar surface area (TPSA) is 62.3 Å². The highest BCUT2D eigenvalue weighted by atomic mass is 16.5. The summed E-state index contributed by atoms with van der Waals surface area (Å²) in [5.74, 6) is 2.19. The third-order valence-corrected chi connectivity index (χ3v) is 3.93. The molecule has 21 heavy (non-hydrogen) atoms. The normalized spacial score (nSPS) is 15.9. The fourth-order valence-electron chi connectivity index (χ4n) is 2.29. The molecule has 1 fully saturated rings. The van der Waals surface area contributed by atoms with E-state index in [0.717, 1.165) is 37.2 Å². The van der Waals surface area contributed by atoms with Crippen LogP contribution in [0.1, 0.15) is 33.1 Å². The van der Waals surface area contributed by atoms with Crippen molar-refractivity contribution >= 4 is 11.6 Å². The van der Waals surface area contributed by atoms with Gasteiger partial charge in [0.2, 0.25) is 5.75 Å². The summed E-state index contributed by atoms with van der Waals surface area (Å²) in [6.45, 7) is 6.06. The van der Waals surface area contributed by atoms with Crippen LogP contribution in [0.2, 0.25) is 0 Å². The van der Waals surface area contributed by atoms with Crippen LogP contribution in [0.25, 0.3) is 0 Å². The van der Waals surface area contributed by atoms with E-state index < -0.39 is 0 Å². The summed E-state index contributed by atoms with van der Waals surface area (Å²) >= 11 is 0. The lowest BCUT2D eigenvalue weighted by Crippen LogP contribution is -2.36. The molecule has 1 aliphatic carbocycles. The van der Waals surface area contributed by atoms with Crippen molar-refractivity contribution in [3.05, 3.63) is 6.33 Å². The molecule has 6 heteroatoms. The molecule has 1 unspecified atom stereocenters. The van der Waals surface area contributed by atoms with Crippen LogP contribution in [0.4, 0.5) is 11.6 Å². The van der Waals surface area contributed by atoms with Crippen molar-refractivity contribution in [2.75, 3.05) is 37.9 Å². The number of methoxy groups -OCH3 is 1. The van der Waals surface area contributed by atoms with Crippen molar-refractivity contribution in [2.24, 2.45) is 0 Å². The maximum Gasteiger partial charge on any atom is 0.204 e. The molecule has 0 amide bonds. The first-order valence-corrected chi connectivity index (χ1v) is 7.76. The molecular weight excluding hydrogens is 266 g/mol. The first-order valence-electron chi connectivity index (χ1n) is 7.76. The minimum absolute atomic E-state index is 0.462. The number of nitrogens with one attached hydrogen (secondary N) is 2. The quantitative estimate of drug-likeness (QED) is 0.728. The Morgan fingerprint density at radius 2 is 2.00 bits per heavy atom. The highest BCUT2D eigenvalue weighted by molar-refractivity contribution is 5.63. The van der Waals surface area contributed by atoms with Crippen LogP contribution in [0.15, 0.2) is 6.33 Å². The number of ether oxygens (including phenoxy) is 1. The zero-order valence-corrected chi connectivity index (χ0v) is 13.5. The molecule has 1 heterocycles. The van der Waals surface area contributed by atoms with Gasteiger partial charge in [0, 0.05) is 25.2 Å². The average Bonchev–Trinajstić information content (AvgIpc) is 3.34. The third-order valence-electron chi connectivity index (χ3n) is 3.93. The van der Waals surface area contributed by atoms with Gasteiger partial charge in [0.15, 0.2) is 11.6 Å². The molecule has 0 bridgehead atoms. The SMILES string of the molecule is CCCNc1ncnc(NCC(C)N(C)C2CC2)c1OC. The standard InChI is InChI=1S/C15H27N5O/c1-5-8-16-14-13(21-4)15(19-10-18-14)17-9-11(2)20(3)12-6-7-12/h10-12H,5-9H2,1-4H3,(H2,16,17,18,19). The minimum Gasteiger partial charge on any atom is -0.490 e. The monoisotopic (exact) mass is 293 g/mol. The number of hydrogen-bond acceptors (Lipinski definition) is 6. The zero-order chi connectivity index (χ0) is 15.2. The second-order valence-corrected chi connectivity index (χ2v) is 5.66. The second-order valence-electron chi connectivity index (χ2n) is 5.66. The summed E-state index contributed by atoms with van der Waals surface area (Å²) in [5.41, 5.74) is 0.